The van der Waals surface area contributed by atoms with Crippen LogP contribution in [-0.2, 0) is 0 Å². The Labute approximate surface area is 151 Å². The van der Waals surface area contributed by atoms with E-state index in [1.165, 1.54) is 0 Å². The quantitative estimate of drug-likeness (QED) is 0.484. The first-order chi connectivity index (χ1) is 7.29. The summed E-state index contributed by atoms with van der Waals surface area (Å²) in [7, 11) is 0. The van der Waals surface area contributed by atoms with Crippen LogP contribution in [0.2, 0.25) is 20.1 Å². The van der Waals surface area contributed by atoms with E-state index < -0.39 is 33.1 Å². The van der Waals surface area contributed by atoms with E-state index >= 15 is 0 Å². The van der Waals surface area contributed by atoms with Crippen LogP contribution in [0.3, 0.4) is 0 Å². The first-order valence-electron chi connectivity index (χ1n) is 3.61. The van der Waals surface area contributed by atoms with Crippen molar-refractivity contribution in [1.82, 2.24) is 0 Å². The van der Waals surface area contributed by atoms with Crippen molar-refractivity contribution in [3.63, 3.8) is 0 Å². The van der Waals surface area contributed by atoms with Gasteiger partial charge >= 0.3 is 35.0 Å². The number of carboxylic acid groups (broad SMARTS) is 2. The van der Waals surface area contributed by atoms with Gasteiger partial charge in [0.25, 0.3) is 0 Å². The molecule has 3 radical (unpaired) electrons. The van der Waals surface area contributed by atoms with Crippen LogP contribution in [0.1, 0.15) is 23.6 Å². The van der Waals surface area contributed by atoms with Crippen molar-refractivity contribution in [2.24, 2.45) is 0 Å². The second kappa shape index (κ2) is 8.03. The van der Waals surface area contributed by atoms with Crippen LogP contribution in [0.4, 0.5) is 0 Å². The van der Waals surface area contributed by atoms with Crippen LogP contribution >= 0.6 is 46.4 Å². The molecule has 4 nitrogen and oxygen atoms in total. The zero-order valence-corrected chi connectivity index (χ0v) is 14.1. The molecule has 2 N–H and O–H groups in total. The Morgan fingerprint density at radius 3 is 1.17 bits per heavy atom. The van der Waals surface area contributed by atoms with Gasteiger partial charge < -0.3 is 13.1 Å². The van der Waals surface area contributed by atoms with Crippen molar-refractivity contribution in [2.75, 3.05) is 0 Å². The molecule has 93 valence electrons. The van der Waals surface area contributed by atoms with Gasteiger partial charge in [0.1, 0.15) is 0 Å². The maximum Gasteiger partial charge on any atom is 2.00 e. The zero-order valence-electron chi connectivity index (χ0n) is 10.5. The minimum Gasteiger partial charge on any atom is -1.00 e. The van der Waals surface area contributed by atoms with Crippen molar-refractivity contribution in [3.05, 3.63) is 31.2 Å². The molecule has 10 heteroatoms. The van der Waals surface area contributed by atoms with E-state index in [1.54, 1.807) is 0 Å². The number of hydrogen-bond donors (Lipinski definition) is 2. The van der Waals surface area contributed by atoms with Crippen LogP contribution in [0.5, 0.6) is 0 Å². The van der Waals surface area contributed by atoms with E-state index in [9.17, 15) is 9.59 Å². The van der Waals surface area contributed by atoms with Gasteiger partial charge in [-0.3, -0.25) is 0 Å². The average molecular weight is 357 g/mol. The predicted octanol–water partition coefficient (Wildman–Crippen LogP) is 3.16. The number of aromatic carboxylic acids is 2. The Kier molecular flexibility index (Phi) is 9.33. The summed E-state index contributed by atoms with van der Waals surface area (Å²) in [6, 6.07) is 0. The van der Waals surface area contributed by atoms with Crippen LogP contribution < -0.4 is 0 Å². The molecule has 1 rings (SSSR count). The second-order valence-electron chi connectivity index (χ2n) is 2.62. The Bertz CT molecular complexity index is 473. The summed E-state index contributed by atoms with van der Waals surface area (Å²) in [4.78, 5) is 21.7. The molecule has 18 heavy (non-hydrogen) atoms. The number of carboxylic acids is 2. The Balaban J connectivity index is -0.000000320. The summed E-state index contributed by atoms with van der Waals surface area (Å²) in [6.07, 6.45) is 0. The molecule has 0 heterocycles. The SMILES string of the molecule is O=C(O)c1c(Cl)c(Cl)c(Cl)c(Cl)c1C(=O)O.[Al].[H-].[H-].[Mg+2]. The summed E-state index contributed by atoms with van der Waals surface area (Å²) in [5.74, 6) is -3.11. The number of rotatable bonds is 2. The van der Waals surface area contributed by atoms with E-state index in [0.29, 0.717) is 0 Å². The minimum absolute atomic E-state index is 0. The summed E-state index contributed by atoms with van der Waals surface area (Å²) in [6.45, 7) is 0. The Morgan fingerprint density at radius 2 is 1.00 bits per heavy atom. The van der Waals surface area contributed by atoms with E-state index in [-0.39, 0.29) is 53.3 Å². The fraction of sp³-hybridized carbons (Fsp3) is 0. The van der Waals surface area contributed by atoms with Gasteiger partial charge in [0.15, 0.2) is 0 Å². The molecular weight excluding hydrogens is 353 g/mol. The molecule has 0 spiro atoms. The van der Waals surface area contributed by atoms with Gasteiger partial charge in [-0.15, -0.1) is 0 Å². The third kappa shape index (κ3) is 3.81. The van der Waals surface area contributed by atoms with Crippen LogP contribution in [-0.4, -0.2) is 62.6 Å². The molecule has 1 aromatic carbocycles. The third-order valence-electron chi connectivity index (χ3n) is 1.69. The van der Waals surface area contributed by atoms with Gasteiger partial charge in [-0.25, -0.2) is 9.59 Å². The largest absolute Gasteiger partial charge is 2.00 e. The van der Waals surface area contributed by atoms with Crippen molar-refractivity contribution < 1.29 is 22.7 Å². The maximum absolute atomic E-state index is 10.9. The number of hydrogen-bond acceptors (Lipinski definition) is 2. The first-order valence-corrected chi connectivity index (χ1v) is 5.12. The van der Waals surface area contributed by atoms with Gasteiger partial charge in [0, 0.05) is 17.4 Å². The van der Waals surface area contributed by atoms with Crippen LogP contribution in [0, 0.1) is 0 Å². The van der Waals surface area contributed by atoms with Gasteiger partial charge in [0.05, 0.1) is 31.2 Å². The fourth-order valence-electron chi connectivity index (χ4n) is 1.03. The topological polar surface area (TPSA) is 74.6 Å². The number of halogens is 4. The van der Waals surface area contributed by atoms with Crippen LogP contribution in [0.15, 0.2) is 0 Å². The summed E-state index contributed by atoms with van der Waals surface area (Å²) >= 11 is 22.4. The fourth-order valence-corrected chi connectivity index (χ4v) is 2.05. The summed E-state index contributed by atoms with van der Waals surface area (Å²) < 4.78 is 0. The molecular formula is C8H4AlCl4MgO4. The van der Waals surface area contributed by atoms with E-state index in [4.69, 9.17) is 56.6 Å². The predicted molar refractivity (Wildman–Crippen MR) is 74.1 cm³/mol. The van der Waals surface area contributed by atoms with Crippen LogP contribution in [0.25, 0.3) is 0 Å². The molecule has 0 saturated heterocycles. The van der Waals surface area contributed by atoms with Crippen molar-refractivity contribution in [2.45, 2.75) is 0 Å². The molecule has 0 atom stereocenters. The van der Waals surface area contributed by atoms with Crippen molar-refractivity contribution in [1.29, 1.82) is 0 Å². The molecule has 0 unspecified atom stereocenters. The molecule has 0 fully saturated rings. The van der Waals surface area contributed by atoms with Gasteiger partial charge in [-0.1, -0.05) is 46.4 Å². The van der Waals surface area contributed by atoms with E-state index in [0.717, 1.165) is 0 Å². The molecule has 0 bridgehead atoms. The second-order valence-corrected chi connectivity index (χ2v) is 4.13. The zero-order chi connectivity index (χ0) is 12.6. The van der Waals surface area contributed by atoms with Gasteiger partial charge in [0.2, 0.25) is 0 Å². The minimum atomic E-state index is -1.55. The number of carbonyl (C=O) groups is 2. The summed E-state index contributed by atoms with van der Waals surface area (Å²) in [5.41, 5.74) is -1.37. The Morgan fingerprint density at radius 1 is 0.778 bits per heavy atom. The van der Waals surface area contributed by atoms with Crippen molar-refractivity contribution >= 4 is 98.8 Å². The molecule has 1 aromatic rings. The average Bonchev–Trinajstić information content (AvgIpc) is 2.18. The monoisotopic (exact) mass is 355 g/mol. The third-order valence-corrected chi connectivity index (χ3v) is 3.50. The van der Waals surface area contributed by atoms with Gasteiger partial charge in [-0.05, 0) is 0 Å². The smallest absolute Gasteiger partial charge is 1.00 e. The number of benzene rings is 1. The standard InChI is InChI=1S/C8H2Cl4O4.Al.Mg.2H/c9-3-1(7(13)14)2(8(15)16)4(10)6(12)5(3)11;;;;/h(H,13,14)(H,15,16);;;;/q;;+2;2*-1. The molecule has 0 aliphatic carbocycles. The first kappa shape index (κ1) is 20.9. The molecule has 0 aromatic heterocycles. The van der Waals surface area contributed by atoms with E-state index in [1.807, 2.05) is 0 Å². The normalized spacial score (nSPS) is 9.11. The molecule has 0 aliphatic rings. The molecule has 0 saturated carbocycles. The van der Waals surface area contributed by atoms with Crippen molar-refractivity contribution in [3.8, 4) is 0 Å². The molecule has 0 amide bonds. The Hall–Kier alpha value is 0.619. The van der Waals surface area contributed by atoms with Gasteiger partial charge in [-0.2, -0.15) is 0 Å². The summed E-state index contributed by atoms with van der Waals surface area (Å²) in [5, 5.41) is 16.1. The maximum atomic E-state index is 10.9. The molecule has 0 aliphatic heterocycles. The van der Waals surface area contributed by atoms with E-state index in [2.05, 4.69) is 0 Å².